The van der Waals surface area contributed by atoms with Gasteiger partial charge in [-0.25, -0.2) is 8.42 Å². The van der Waals surface area contributed by atoms with Crippen LogP contribution in [0.25, 0.3) is 0 Å². The van der Waals surface area contributed by atoms with Crippen LogP contribution in [0.15, 0.2) is 29.3 Å². The van der Waals surface area contributed by atoms with Crippen LogP contribution in [0.3, 0.4) is 0 Å². The molecule has 3 rings (SSSR count). The smallest absolute Gasteiger partial charge is 0.244 e. The zero-order valence-electron chi connectivity index (χ0n) is 12.9. The topological polar surface area (TPSA) is 78.8 Å². The van der Waals surface area contributed by atoms with Gasteiger partial charge in [0.05, 0.1) is 12.3 Å². The summed E-state index contributed by atoms with van der Waals surface area (Å²) in [4.78, 5) is 16.8. The first-order valence-electron chi connectivity index (χ1n) is 7.55. The minimum atomic E-state index is -3.47. The lowest BCUT2D eigenvalue weighted by atomic mass is 9.95. The second-order valence-corrected chi connectivity index (χ2v) is 8.75. The van der Waals surface area contributed by atoms with Crippen molar-refractivity contribution in [2.24, 2.45) is 4.99 Å². The number of thioether (sulfide) groups is 1. The predicted molar refractivity (Wildman–Crippen MR) is 91.8 cm³/mol. The molecule has 0 radical (unpaired) electrons. The molecule has 124 valence electrons. The number of rotatable bonds is 3. The molecule has 0 spiro atoms. The molecule has 0 bridgehead atoms. The number of hydrogen-bond acceptors (Lipinski definition) is 5. The summed E-state index contributed by atoms with van der Waals surface area (Å²) in [6.07, 6.45) is 0.388. The Bertz CT molecular complexity index is 746. The van der Waals surface area contributed by atoms with Crippen LogP contribution in [0.1, 0.15) is 18.1 Å². The zero-order valence-corrected chi connectivity index (χ0v) is 14.5. The number of hydrogen-bond donors (Lipinski definition) is 1. The maximum absolute atomic E-state index is 12.6. The summed E-state index contributed by atoms with van der Waals surface area (Å²) in [5, 5.41) is 3.36. The largest absolute Gasteiger partial charge is 0.304 e. The molecule has 1 atom stereocenters. The molecular formula is C15H19N3O3S2. The molecule has 2 aliphatic heterocycles. The Morgan fingerprint density at radius 3 is 2.78 bits per heavy atom. The molecule has 0 saturated heterocycles. The monoisotopic (exact) mass is 353 g/mol. The van der Waals surface area contributed by atoms with Crippen LogP contribution in [-0.2, 0) is 27.8 Å². The van der Waals surface area contributed by atoms with Gasteiger partial charge in [0.25, 0.3) is 0 Å². The summed E-state index contributed by atoms with van der Waals surface area (Å²) in [5.74, 6) is 0.527. The third kappa shape index (κ3) is 3.44. The van der Waals surface area contributed by atoms with Crippen LogP contribution in [0, 0.1) is 0 Å². The number of amides is 1. The molecule has 2 aliphatic rings. The van der Waals surface area contributed by atoms with Gasteiger partial charge in [-0.05, 0) is 24.5 Å². The Labute approximate surface area is 140 Å². The summed E-state index contributed by atoms with van der Waals surface area (Å²) >= 11 is 1.48. The van der Waals surface area contributed by atoms with Crippen molar-refractivity contribution in [1.29, 1.82) is 0 Å². The number of fused-ring (bicyclic) bond motifs is 1. The zero-order chi connectivity index (χ0) is 16.4. The van der Waals surface area contributed by atoms with Gasteiger partial charge in [-0.1, -0.05) is 36.0 Å². The van der Waals surface area contributed by atoms with Crippen molar-refractivity contribution in [2.45, 2.75) is 25.9 Å². The maximum atomic E-state index is 12.6. The Kier molecular flexibility index (Phi) is 4.74. The molecule has 0 fully saturated rings. The first kappa shape index (κ1) is 16.5. The van der Waals surface area contributed by atoms with Crippen LogP contribution < -0.4 is 5.32 Å². The fourth-order valence-electron chi connectivity index (χ4n) is 2.78. The van der Waals surface area contributed by atoms with Gasteiger partial charge < -0.3 is 5.32 Å². The molecule has 0 aromatic heterocycles. The first-order chi connectivity index (χ1) is 11.0. The third-order valence-corrected chi connectivity index (χ3v) is 6.76. The van der Waals surface area contributed by atoms with Gasteiger partial charge in [0.1, 0.15) is 6.04 Å². The van der Waals surface area contributed by atoms with E-state index in [2.05, 4.69) is 10.3 Å². The first-order valence-corrected chi connectivity index (χ1v) is 10.1. The molecule has 23 heavy (non-hydrogen) atoms. The molecule has 1 aromatic carbocycles. The van der Waals surface area contributed by atoms with Gasteiger partial charge in [0, 0.05) is 12.3 Å². The average molecular weight is 353 g/mol. The van der Waals surface area contributed by atoms with Gasteiger partial charge in [-0.3, -0.25) is 9.79 Å². The Morgan fingerprint density at radius 1 is 1.39 bits per heavy atom. The van der Waals surface area contributed by atoms with E-state index < -0.39 is 16.1 Å². The minimum Gasteiger partial charge on any atom is -0.304 e. The molecule has 1 aromatic rings. The summed E-state index contributed by atoms with van der Waals surface area (Å²) < 4.78 is 26.2. The summed E-state index contributed by atoms with van der Waals surface area (Å²) in [5.41, 5.74) is 1.98. The van der Waals surface area contributed by atoms with Crippen LogP contribution in [-0.4, -0.2) is 47.9 Å². The van der Waals surface area contributed by atoms with Crippen molar-refractivity contribution in [1.82, 2.24) is 9.62 Å². The predicted octanol–water partition coefficient (Wildman–Crippen LogP) is 0.982. The lowest BCUT2D eigenvalue weighted by Gasteiger charge is -2.34. The van der Waals surface area contributed by atoms with E-state index in [4.69, 9.17) is 0 Å². The van der Waals surface area contributed by atoms with E-state index in [9.17, 15) is 13.2 Å². The minimum absolute atomic E-state index is 0.0192. The number of benzene rings is 1. The third-order valence-electron chi connectivity index (χ3n) is 4.05. The van der Waals surface area contributed by atoms with Gasteiger partial charge >= 0.3 is 0 Å². The maximum Gasteiger partial charge on any atom is 0.244 e. The second-order valence-electron chi connectivity index (χ2n) is 5.46. The van der Waals surface area contributed by atoms with E-state index in [1.54, 1.807) is 6.92 Å². The van der Waals surface area contributed by atoms with E-state index in [1.165, 1.54) is 16.1 Å². The van der Waals surface area contributed by atoms with Crippen LogP contribution in [0.2, 0.25) is 0 Å². The Hall–Kier alpha value is -1.38. The number of nitrogens with one attached hydrogen (secondary N) is 1. The van der Waals surface area contributed by atoms with Crippen molar-refractivity contribution < 1.29 is 13.2 Å². The Morgan fingerprint density at radius 2 is 2.13 bits per heavy atom. The standard InChI is InChI=1S/C15H19N3O3S2/c1-2-23(20,21)18-10-12-6-4-3-5-11(12)9-13(18)14(19)17-15-16-7-8-22-15/h3-6,13H,2,7-10H2,1H3,(H,16,17,19). The highest BCUT2D eigenvalue weighted by molar-refractivity contribution is 8.14. The van der Waals surface area contributed by atoms with E-state index in [0.717, 1.165) is 16.9 Å². The highest BCUT2D eigenvalue weighted by atomic mass is 32.2. The van der Waals surface area contributed by atoms with Crippen molar-refractivity contribution in [3.05, 3.63) is 35.4 Å². The molecule has 8 heteroatoms. The fraction of sp³-hybridized carbons (Fsp3) is 0.467. The van der Waals surface area contributed by atoms with Gasteiger partial charge in [-0.15, -0.1) is 0 Å². The number of carbonyl (C=O) groups is 1. The molecule has 6 nitrogen and oxygen atoms in total. The quantitative estimate of drug-likeness (QED) is 0.879. The SMILES string of the molecule is CCS(=O)(=O)N1Cc2ccccc2CC1C(=O)NC1=NCCS1. The van der Waals surface area contributed by atoms with E-state index in [1.807, 2.05) is 24.3 Å². The molecule has 1 amide bonds. The summed E-state index contributed by atoms with van der Waals surface area (Å²) in [6, 6.07) is 6.94. The number of carbonyl (C=O) groups excluding carboxylic acids is 1. The van der Waals surface area contributed by atoms with Gasteiger partial charge in [-0.2, -0.15) is 4.31 Å². The van der Waals surface area contributed by atoms with Gasteiger partial charge in [0.2, 0.25) is 15.9 Å². The van der Waals surface area contributed by atoms with Crippen molar-refractivity contribution in [3.8, 4) is 0 Å². The van der Waals surface area contributed by atoms with Crippen molar-refractivity contribution >= 4 is 32.9 Å². The highest BCUT2D eigenvalue weighted by Gasteiger charge is 2.38. The summed E-state index contributed by atoms with van der Waals surface area (Å²) in [7, 11) is -3.47. The van der Waals surface area contributed by atoms with E-state index in [-0.39, 0.29) is 18.2 Å². The fourth-order valence-corrected chi connectivity index (χ4v) is 4.74. The van der Waals surface area contributed by atoms with Crippen LogP contribution >= 0.6 is 11.8 Å². The average Bonchev–Trinajstić information content (AvgIpc) is 3.06. The van der Waals surface area contributed by atoms with Gasteiger partial charge in [0.15, 0.2) is 5.17 Å². The second kappa shape index (κ2) is 6.62. The number of sulfonamides is 1. The van der Waals surface area contributed by atoms with E-state index >= 15 is 0 Å². The number of nitrogens with zero attached hydrogens (tertiary/aromatic N) is 2. The van der Waals surface area contributed by atoms with Crippen molar-refractivity contribution in [3.63, 3.8) is 0 Å². The molecule has 1 N–H and O–H groups in total. The van der Waals surface area contributed by atoms with Crippen LogP contribution in [0.5, 0.6) is 0 Å². The lowest BCUT2D eigenvalue weighted by molar-refractivity contribution is -0.123. The molecule has 1 unspecified atom stereocenters. The van der Waals surface area contributed by atoms with Crippen LogP contribution in [0.4, 0.5) is 0 Å². The summed E-state index contributed by atoms with van der Waals surface area (Å²) in [6.45, 7) is 2.52. The number of aliphatic imine (C=N–C) groups is 1. The van der Waals surface area contributed by atoms with E-state index in [0.29, 0.717) is 18.1 Å². The Balaban J connectivity index is 1.89. The highest BCUT2D eigenvalue weighted by Crippen LogP contribution is 2.26. The normalized spacial score (nSPS) is 21.6. The van der Waals surface area contributed by atoms with Crippen molar-refractivity contribution in [2.75, 3.05) is 18.1 Å². The molecule has 0 aliphatic carbocycles. The number of amidine groups is 1. The molecule has 0 saturated carbocycles. The molecular weight excluding hydrogens is 334 g/mol. The lowest BCUT2D eigenvalue weighted by Crippen LogP contribution is -2.53. The molecule has 2 heterocycles.